The summed E-state index contributed by atoms with van der Waals surface area (Å²) in [6, 6.07) is 3.31. The van der Waals surface area contributed by atoms with Crippen LogP contribution >= 0.6 is 11.3 Å². The highest BCUT2D eigenvalue weighted by molar-refractivity contribution is 7.91. The minimum Gasteiger partial charge on any atom is -0.390 e. The molecule has 1 aromatic heterocycles. The molecule has 1 saturated heterocycles. The predicted octanol–water partition coefficient (Wildman–Crippen LogP) is 1.46. The molecule has 0 unspecified atom stereocenters. The maximum absolute atomic E-state index is 12.3. The number of sulfonamides is 1. The summed E-state index contributed by atoms with van der Waals surface area (Å²) in [5, 5.41) is 11.9. The zero-order valence-corrected chi connectivity index (χ0v) is 14.2. The van der Waals surface area contributed by atoms with E-state index in [0.29, 0.717) is 10.8 Å². The van der Waals surface area contributed by atoms with E-state index in [-0.39, 0.29) is 6.54 Å². The molecule has 5 nitrogen and oxygen atoms in total. The normalized spacial score (nSPS) is 20.0. The first-order valence-corrected chi connectivity index (χ1v) is 9.62. The summed E-state index contributed by atoms with van der Waals surface area (Å²) in [5.74, 6) is 0.750. The van der Waals surface area contributed by atoms with Gasteiger partial charge in [-0.3, -0.25) is 0 Å². The van der Waals surface area contributed by atoms with Gasteiger partial charge in [-0.25, -0.2) is 8.42 Å². The van der Waals surface area contributed by atoms with Crippen molar-refractivity contribution in [3.63, 3.8) is 0 Å². The lowest BCUT2D eigenvalue weighted by atomic mass is 9.99. The first-order valence-electron chi connectivity index (χ1n) is 7.30. The molecule has 2 rings (SSSR count). The highest BCUT2D eigenvalue weighted by atomic mass is 32.2. The molecule has 0 spiro atoms. The fourth-order valence-electron chi connectivity index (χ4n) is 2.56. The molecular weight excluding hydrogens is 308 g/mol. The van der Waals surface area contributed by atoms with Crippen LogP contribution < -0.4 is 0 Å². The quantitative estimate of drug-likeness (QED) is 0.857. The SMILES string of the molecule is CC1CCN(C[C@H](O)CN(C)S(=O)(=O)c2cccs2)CC1. The van der Waals surface area contributed by atoms with Gasteiger partial charge in [0.05, 0.1) is 6.10 Å². The van der Waals surface area contributed by atoms with Gasteiger partial charge in [0, 0.05) is 20.1 Å². The Kier molecular flexibility index (Phi) is 5.79. The fourth-order valence-corrected chi connectivity index (χ4v) is 4.97. The molecular formula is C14H24N2O3S2. The maximum Gasteiger partial charge on any atom is 0.252 e. The number of rotatable bonds is 6. The molecule has 0 radical (unpaired) electrons. The topological polar surface area (TPSA) is 60.9 Å². The molecule has 0 amide bonds. The van der Waals surface area contributed by atoms with Gasteiger partial charge in [0.2, 0.25) is 0 Å². The lowest BCUT2D eigenvalue weighted by Gasteiger charge is -2.32. The first kappa shape index (κ1) is 16.9. The molecule has 0 saturated carbocycles. The lowest BCUT2D eigenvalue weighted by Crippen LogP contribution is -2.43. The van der Waals surface area contributed by atoms with Gasteiger partial charge in [0.15, 0.2) is 0 Å². The number of likely N-dealkylation sites (N-methyl/N-ethyl adjacent to an activating group) is 1. The van der Waals surface area contributed by atoms with E-state index in [4.69, 9.17) is 0 Å². The number of hydrogen-bond donors (Lipinski definition) is 1. The summed E-state index contributed by atoms with van der Waals surface area (Å²) in [6.07, 6.45) is 1.64. The van der Waals surface area contributed by atoms with Crippen molar-refractivity contribution in [2.24, 2.45) is 5.92 Å². The van der Waals surface area contributed by atoms with Crippen LogP contribution in [0.2, 0.25) is 0 Å². The third-order valence-electron chi connectivity index (χ3n) is 3.97. The summed E-state index contributed by atoms with van der Waals surface area (Å²) in [4.78, 5) is 2.22. The number of likely N-dealkylation sites (tertiary alicyclic amines) is 1. The number of hydrogen-bond acceptors (Lipinski definition) is 5. The highest BCUT2D eigenvalue weighted by Gasteiger charge is 2.25. The van der Waals surface area contributed by atoms with Crippen LogP contribution in [0.5, 0.6) is 0 Å². The summed E-state index contributed by atoms with van der Waals surface area (Å²) >= 11 is 1.20. The molecule has 7 heteroatoms. The number of aliphatic hydroxyl groups excluding tert-OH is 1. The van der Waals surface area contributed by atoms with E-state index in [1.807, 2.05) is 0 Å². The Balaban J connectivity index is 1.86. The van der Waals surface area contributed by atoms with Gasteiger partial charge in [-0.15, -0.1) is 11.3 Å². The van der Waals surface area contributed by atoms with Crippen molar-refractivity contribution in [2.75, 3.05) is 33.2 Å². The average Bonchev–Trinajstić information content (AvgIpc) is 2.96. The van der Waals surface area contributed by atoms with Crippen LogP contribution in [0.25, 0.3) is 0 Å². The largest absolute Gasteiger partial charge is 0.390 e. The molecule has 1 fully saturated rings. The smallest absolute Gasteiger partial charge is 0.252 e. The molecule has 21 heavy (non-hydrogen) atoms. The van der Waals surface area contributed by atoms with Crippen LogP contribution in [0.1, 0.15) is 19.8 Å². The monoisotopic (exact) mass is 332 g/mol. The van der Waals surface area contributed by atoms with Crippen molar-refractivity contribution in [3.05, 3.63) is 17.5 Å². The third-order valence-corrected chi connectivity index (χ3v) is 7.17. The van der Waals surface area contributed by atoms with E-state index in [1.165, 1.54) is 22.7 Å². The number of β-amino-alcohol motifs (C(OH)–C–C–N with tert-alkyl or cyclic N) is 1. The van der Waals surface area contributed by atoms with Crippen molar-refractivity contribution >= 4 is 21.4 Å². The summed E-state index contributed by atoms with van der Waals surface area (Å²) < 4.78 is 26.1. The number of aliphatic hydroxyl groups is 1. The molecule has 1 aromatic rings. The Morgan fingerprint density at radius 1 is 1.48 bits per heavy atom. The molecule has 0 aliphatic carbocycles. The zero-order valence-electron chi connectivity index (χ0n) is 12.6. The molecule has 0 aromatic carbocycles. The Morgan fingerprint density at radius 2 is 2.14 bits per heavy atom. The molecule has 1 N–H and O–H groups in total. The summed E-state index contributed by atoms with van der Waals surface area (Å²) in [5.41, 5.74) is 0. The fraction of sp³-hybridized carbons (Fsp3) is 0.714. The van der Waals surface area contributed by atoms with Crippen molar-refractivity contribution in [1.82, 2.24) is 9.21 Å². The Labute approximate surface area is 131 Å². The van der Waals surface area contributed by atoms with Crippen LogP contribution in [-0.2, 0) is 10.0 Å². The second kappa shape index (κ2) is 7.19. The lowest BCUT2D eigenvalue weighted by molar-refractivity contribution is 0.0813. The second-order valence-corrected chi connectivity index (χ2v) is 9.07. The zero-order chi connectivity index (χ0) is 15.5. The van der Waals surface area contributed by atoms with Gasteiger partial charge in [-0.2, -0.15) is 4.31 Å². The van der Waals surface area contributed by atoms with Crippen molar-refractivity contribution in [3.8, 4) is 0 Å². The second-order valence-electron chi connectivity index (χ2n) is 5.85. The predicted molar refractivity (Wildman–Crippen MR) is 85.0 cm³/mol. The Bertz CT molecular complexity index is 522. The summed E-state index contributed by atoms with van der Waals surface area (Å²) in [7, 11) is -1.94. The van der Waals surface area contributed by atoms with Crippen molar-refractivity contribution < 1.29 is 13.5 Å². The minimum absolute atomic E-state index is 0.131. The minimum atomic E-state index is -3.47. The molecule has 120 valence electrons. The van der Waals surface area contributed by atoms with Crippen LogP contribution in [0.4, 0.5) is 0 Å². The first-order chi connectivity index (χ1) is 9.89. The van der Waals surface area contributed by atoms with Gasteiger partial charge in [-0.05, 0) is 43.3 Å². The average molecular weight is 332 g/mol. The van der Waals surface area contributed by atoms with Crippen molar-refractivity contribution in [1.29, 1.82) is 0 Å². The van der Waals surface area contributed by atoms with Crippen molar-refractivity contribution in [2.45, 2.75) is 30.1 Å². The molecule has 0 bridgehead atoms. The van der Waals surface area contributed by atoms with Gasteiger partial charge in [0.1, 0.15) is 4.21 Å². The Hall–Kier alpha value is -0.470. The van der Waals surface area contributed by atoms with Gasteiger partial charge in [-0.1, -0.05) is 13.0 Å². The number of piperidine rings is 1. The van der Waals surface area contributed by atoms with Crippen LogP contribution in [0, 0.1) is 5.92 Å². The molecule has 1 aliphatic rings. The van der Waals surface area contributed by atoms with Crippen LogP contribution in [-0.4, -0.2) is 62.1 Å². The number of nitrogens with zero attached hydrogens (tertiary/aromatic N) is 2. The van der Waals surface area contributed by atoms with E-state index >= 15 is 0 Å². The Morgan fingerprint density at radius 3 is 2.71 bits per heavy atom. The molecule has 1 atom stereocenters. The molecule has 1 aliphatic heterocycles. The van der Waals surface area contributed by atoms with E-state index < -0.39 is 16.1 Å². The van der Waals surface area contributed by atoms with E-state index in [2.05, 4.69) is 11.8 Å². The summed E-state index contributed by atoms with van der Waals surface area (Å²) in [6.45, 7) is 4.89. The van der Waals surface area contributed by atoms with E-state index in [9.17, 15) is 13.5 Å². The van der Waals surface area contributed by atoms with Gasteiger partial charge >= 0.3 is 0 Å². The third kappa shape index (κ3) is 4.50. The number of thiophene rings is 1. The van der Waals surface area contributed by atoms with Crippen LogP contribution in [0.15, 0.2) is 21.7 Å². The van der Waals surface area contributed by atoms with E-state index in [0.717, 1.165) is 31.8 Å². The van der Waals surface area contributed by atoms with Crippen LogP contribution in [0.3, 0.4) is 0 Å². The van der Waals surface area contributed by atoms with E-state index in [1.54, 1.807) is 17.5 Å². The highest BCUT2D eigenvalue weighted by Crippen LogP contribution is 2.20. The molecule has 2 heterocycles. The van der Waals surface area contributed by atoms with Gasteiger partial charge < -0.3 is 10.0 Å². The maximum atomic E-state index is 12.3. The standard InChI is InChI=1S/C14H24N2O3S2/c1-12-5-7-16(8-6-12)11-13(17)10-15(2)21(18,19)14-4-3-9-20-14/h3-4,9,12-13,17H,5-8,10-11H2,1-2H3/t13-/m1/s1. The van der Waals surface area contributed by atoms with Gasteiger partial charge in [0.25, 0.3) is 10.0 Å².